The molecule has 0 amide bonds. The van der Waals surface area contributed by atoms with E-state index in [9.17, 15) is 13.2 Å². The second-order valence-electron chi connectivity index (χ2n) is 5.47. The molecule has 118 valence electrons. The normalized spacial score (nSPS) is 15.3. The lowest BCUT2D eigenvalue weighted by molar-refractivity contribution is -0.141. The first-order valence-electron chi connectivity index (χ1n) is 6.98. The fourth-order valence-corrected chi connectivity index (χ4v) is 2.95. The van der Waals surface area contributed by atoms with Crippen molar-refractivity contribution in [1.82, 2.24) is 10.1 Å². The molecule has 3 rings (SSSR count). The largest absolute Gasteiger partial charge is 0.433 e. The minimum atomic E-state index is -4.44. The van der Waals surface area contributed by atoms with Crippen LogP contribution in [0.25, 0.3) is 11.3 Å². The maximum atomic E-state index is 12.7. The monoisotopic (exact) mass is 328 g/mol. The SMILES string of the molecule is CSc1noc(-c2ccc(C(F)(F)F)nc2C)c1CC1CC1. The van der Waals surface area contributed by atoms with E-state index in [1.807, 2.05) is 6.26 Å². The van der Waals surface area contributed by atoms with Crippen LogP contribution in [0.2, 0.25) is 0 Å². The van der Waals surface area contributed by atoms with Crippen molar-refractivity contribution in [2.24, 2.45) is 5.92 Å². The summed E-state index contributed by atoms with van der Waals surface area (Å²) in [5.41, 5.74) is 0.980. The summed E-state index contributed by atoms with van der Waals surface area (Å²) in [5, 5.41) is 4.85. The molecule has 0 unspecified atom stereocenters. The number of aromatic nitrogens is 2. The molecule has 7 heteroatoms. The summed E-state index contributed by atoms with van der Waals surface area (Å²) in [5.74, 6) is 1.18. The molecule has 0 atom stereocenters. The third-order valence-corrected chi connectivity index (χ3v) is 4.46. The lowest BCUT2D eigenvalue weighted by atomic mass is 10.0. The predicted octanol–water partition coefficient (Wildman–Crippen LogP) is 4.74. The molecule has 1 aliphatic carbocycles. The maximum Gasteiger partial charge on any atom is 0.433 e. The molecule has 1 fully saturated rings. The highest BCUT2D eigenvalue weighted by atomic mass is 32.2. The molecular formula is C15H15F3N2OS. The third kappa shape index (κ3) is 2.99. The minimum absolute atomic E-state index is 0.302. The number of hydrogen-bond acceptors (Lipinski definition) is 4. The number of halogens is 3. The highest BCUT2D eigenvalue weighted by Crippen LogP contribution is 2.40. The topological polar surface area (TPSA) is 38.9 Å². The molecule has 0 saturated heterocycles. The van der Waals surface area contributed by atoms with Crippen LogP contribution < -0.4 is 0 Å². The van der Waals surface area contributed by atoms with Crippen LogP contribution in [0.5, 0.6) is 0 Å². The van der Waals surface area contributed by atoms with E-state index >= 15 is 0 Å². The first-order chi connectivity index (χ1) is 10.4. The lowest BCUT2D eigenvalue weighted by Crippen LogP contribution is -2.09. The van der Waals surface area contributed by atoms with E-state index in [0.29, 0.717) is 22.9 Å². The summed E-state index contributed by atoms with van der Waals surface area (Å²) in [6.07, 6.45) is 0.697. The maximum absolute atomic E-state index is 12.7. The van der Waals surface area contributed by atoms with Gasteiger partial charge in [0.05, 0.1) is 0 Å². The molecule has 0 radical (unpaired) electrons. The number of alkyl halides is 3. The molecule has 22 heavy (non-hydrogen) atoms. The molecule has 0 spiro atoms. The molecule has 3 nitrogen and oxygen atoms in total. The molecule has 0 aromatic carbocycles. The number of thioether (sulfide) groups is 1. The number of nitrogens with zero attached hydrogens (tertiary/aromatic N) is 2. The average molecular weight is 328 g/mol. The first kappa shape index (κ1) is 15.4. The van der Waals surface area contributed by atoms with Crippen molar-refractivity contribution >= 4 is 11.8 Å². The molecule has 0 bridgehead atoms. The van der Waals surface area contributed by atoms with Crippen molar-refractivity contribution in [2.75, 3.05) is 6.26 Å². The summed E-state index contributed by atoms with van der Waals surface area (Å²) in [4.78, 5) is 3.67. The second-order valence-corrected chi connectivity index (χ2v) is 6.27. The van der Waals surface area contributed by atoms with Crippen molar-refractivity contribution in [2.45, 2.75) is 37.4 Å². The number of aryl methyl sites for hydroxylation is 1. The van der Waals surface area contributed by atoms with E-state index < -0.39 is 11.9 Å². The summed E-state index contributed by atoms with van der Waals surface area (Å²) in [6.45, 7) is 1.56. The number of rotatable bonds is 4. The van der Waals surface area contributed by atoms with Crippen molar-refractivity contribution < 1.29 is 17.7 Å². The number of hydrogen-bond donors (Lipinski definition) is 0. The first-order valence-corrected chi connectivity index (χ1v) is 8.20. The van der Waals surface area contributed by atoms with Crippen molar-refractivity contribution in [1.29, 1.82) is 0 Å². The molecule has 1 saturated carbocycles. The standard InChI is InChI=1S/C15H15F3N2OS/c1-8-10(5-6-12(19-8)15(16,17)18)13-11(7-9-3-4-9)14(22-2)20-21-13/h5-6,9H,3-4,7H2,1-2H3. The highest BCUT2D eigenvalue weighted by Gasteiger charge is 2.33. The Kier molecular flexibility index (Phi) is 3.92. The van der Waals surface area contributed by atoms with Crippen molar-refractivity contribution in [3.63, 3.8) is 0 Å². The summed E-state index contributed by atoms with van der Waals surface area (Å²) < 4.78 is 43.6. The van der Waals surface area contributed by atoms with Gasteiger partial charge in [0.1, 0.15) is 10.7 Å². The van der Waals surface area contributed by atoms with Crippen LogP contribution in [-0.4, -0.2) is 16.4 Å². The van der Waals surface area contributed by atoms with Gasteiger partial charge in [-0.2, -0.15) is 13.2 Å². The van der Waals surface area contributed by atoms with Gasteiger partial charge >= 0.3 is 6.18 Å². The Morgan fingerprint density at radius 2 is 2.05 bits per heavy atom. The molecule has 0 aliphatic heterocycles. The Bertz CT molecular complexity index is 693. The third-order valence-electron chi connectivity index (χ3n) is 3.76. The predicted molar refractivity (Wildman–Crippen MR) is 77.7 cm³/mol. The van der Waals surface area contributed by atoms with Gasteiger partial charge in [-0.25, -0.2) is 4.98 Å². The smallest absolute Gasteiger partial charge is 0.355 e. The zero-order valence-corrected chi connectivity index (χ0v) is 13.0. The Hall–Kier alpha value is -1.50. The van der Waals surface area contributed by atoms with Crippen LogP contribution in [0.1, 0.15) is 29.8 Å². The van der Waals surface area contributed by atoms with E-state index in [1.165, 1.54) is 30.7 Å². The summed E-state index contributed by atoms with van der Waals surface area (Å²) in [7, 11) is 0. The minimum Gasteiger partial charge on any atom is -0.355 e. The number of pyridine rings is 1. The van der Waals surface area contributed by atoms with Gasteiger partial charge in [-0.3, -0.25) is 0 Å². The van der Waals surface area contributed by atoms with Gasteiger partial charge in [0.2, 0.25) is 0 Å². The highest BCUT2D eigenvalue weighted by molar-refractivity contribution is 7.98. The van der Waals surface area contributed by atoms with Crippen molar-refractivity contribution in [3.05, 3.63) is 29.1 Å². The van der Waals surface area contributed by atoms with Gasteiger partial charge in [0, 0.05) is 16.8 Å². The van der Waals surface area contributed by atoms with Crippen LogP contribution in [0.3, 0.4) is 0 Å². The van der Waals surface area contributed by atoms with Crippen LogP contribution >= 0.6 is 11.8 Å². The van der Waals surface area contributed by atoms with E-state index in [1.54, 1.807) is 6.92 Å². The quantitative estimate of drug-likeness (QED) is 0.760. The molecular weight excluding hydrogens is 313 g/mol. The van der Waals surface area contributed by atoms with Gasteiger partial charge in [-0.05, 0) is 50.5 Å². The van der Waals surface area contributed by atoms with Gasteiger partial charge in [0.25, 0.3) is 0 Å². The molecule has 0 N–H and O–H groups in total. The molecule has 2 aromatic heterocycles. The van der Waals surface area contributed by atoms with Crippen LogP contribution in [-0.2, 0) is 12.6 Å². The molecule has 2 heterocycles. The lowest BCUT2D eigenvalue weighted by Gasteiger charge is -2.09. The van der Waals surface area contributed by atoms with E-state index in [4.69, 9.17) is 4.52 Å². The fraction of sp³-hybridized carbons (Fsp3) is 0.467. The zero-order valence-electron chi connectivity index (χ0n) is 12.2. The van der Waals surface area contributed by atoms with Gasteiger partial charge < -0.3 is 4.52 Å². The second kappa shape index (κ2) is 5.61. The van der Waals surface area contributed by atoms with Gasteiger partial charge in [-0.1, -0.05) is 5.16 Å². The van der Waals surface area contributed by atoms with Crippen LogP contribution in [0, 0.1) is 12.8 Å². The average Bonchev–Trinajstić information content (AvgIpc) is 3.17. The van der Waals surface area contributed by atoms with E-state index in [2.05, 4.69) is 10.1 Å². The van der Waals surface area contributed by atoms with E-state index in [0.717, 1.165) is 23.1 Å². The Morgan fingerprint density at radius 1 is 1.32 bits per heavy atom. The summed E-state index contributed by atoms with van der Waals surface area (Å²) >= 11 is 1.49. The summed E-state index contributed by atoms with van der Waals surface area (Å²) in [6, 6.07) is 2.41. The van der Waals surface area contributed by atoms with Crippen LogP contribution in [0.15, 0.2) is 21.7 Å². The van der Waals surface area contributed by atoms with Gasteiger partial charge in [-0.15, -0.1) is 11.8 Å². The fourth-order valence-electron chi connectivity index (χ4n) is 2.42. The Morgan fingerprint density at radius 3 is 2.59 bits per heavy atom. The van der Waals surface area contributed by atoms with Gasteiger partial charge in [0.15, 0.2) is 5.76 Å². The molecule has 1 aliphatic rings. The molecule has 2 aromatic rings. The Labute approximate surface area is 130 Å². The zero-order chi connectivity index (χ0) is 15.9. The van der Waals surface area contributed by atoms with Crippen LogP contribution in [0.4, 0.5) is 13.2 Å². The Balaban J connectivity index is 2.02. The van der Waals surface area contributed by atoms with Crippen molar-refractivity contribution in [3.8, 4) is 11.3 Å². The van der Waals surface area contributed by atoms with E-state index in [-0.39, 0.29) is 0 Å².